The first-order valence-electron chi connectivity index (χ1n) is 8.08. The third kappa shape index (κ3) is 7.38. The summed E-state index contributed by atoms with van der Waals surface area (Å²) in [7, 11) is 0. The van der Waals surface area contributed by atoms with Gasteiger partial charge in [-0.1, -0.05) is 53.4 Å². The van der Waals surface area contributed by atoms with E-state index in [1.165, 1.54) is 32.1 Å². The number of likely N-dealkylation sites (N-methyl/N-ethyl adjacent to an activating group) is 1. The van der Waals surface area contributed by atoms with Gasteiger partial charge in [-0.05, 0) is 32.2 Å². The lowest BCUT2D eigenvalue weighted by Crippen LogP contribution is -2.42. The zero-order valence-electron chi connectivity index (χ0n) is 13.3. The minimum atomic E-state index is 0.380. The molecule has 0 spiro atoms. The molecule has 2 nitrogen and oxygen atoms in total. The van der Waals surface area contributed by atoms with E-state index in [4.69, 9.17) is 4.74 Å². The molecule has 0 bridgehead atoms. The largest absolute Gasteiger partial charge is 0.377 e. The third-order valence-corrected chi connectivity index (χ3v) is 3.83. The van der Waals surface area contributed by atoms with E-state index in [9.17, 15) is 0 Å². The topological polar surface area (TPSA) is 21.3 Å². The number of ether oxygens (including phenoxy) is 1. The van der Waals surface area contributed by atoms with Gasteiger partial charge in [0.25, 0.3) is 0 Å². The highest BCUT2D eigenvalue weighted by Gasteiger charge is 2.22. The van der Waals surface area contributed by atoms with Gasteiger partial charge in [-0.15, -0.1) is 0 Å². The summed E-state index contributed by atoms with van der Waals surface area (Å²) in [4.78, 5) is 0. The van der Waals surface area contributed by atoms with Crippen molar-refractivity contribution in [3.05, 3.63) is 0 Å². The van der Waals surface area contributed by atoms with E-state index >= 15 is 0 Å². The van der Waals surface area contributed by atoms with Gasteiger partial charge in [-0.3, -0.25) is 0 Å². The molecule has 18 heavy (non-hydrogen) atoms. The Morgan fingerprint density at radius 2 is 1.72 bits per heavy atom. The average molecular weight is 257 g/mol. The van der Waals surface area contributed by atoms with Crippen LogP contribution in [0.5, 0.6) is 0 Å². The highest BCUT2D eigenvalue weighted by atomic mass is 16.5. The maximum Gasteiger partial charge on any atom is 0.0725 e. The van der Waals surface area contributed by atoms with Gasteiger partial charge in [0.05, 0.1) is 6.10 Å². The molecule has 0 aromatic rings. The predicted octanol–water partition coefficient (Wildman–Crippen LogP) is 4.39. The van der Waals surface area contributed by atoms with E-state index in [2.05, 4.69) is 39.9 Å². The third-order valence-electron chi connectivity index (χ3n) is 3.83. The van der Waals surface area contributed by atoms with Crippen molar-refractivity contribution in [2.75, 3.05) is 13.2 Å². The highest BCUT2D eigenvalue weighted by molar-refractivity contribution is 4.79. The van der Waals surface area contributed by atoms with Crippen LogP contribution in [-0.2, 0) is 4.74 Å². The minimum Gasteiger partial charge on any atom is -0.377 e. The van der Waals surface area contributed by atoms with Gasteiger partial charge in [0.1, 0.15) is 0 Å². The Bertz CT molecular complexity index is 172. The maximum absolute atomic E-state index is 5.89. The van der Waals surface area contributed by atoms with Crippen molar-refractivity contribution in [2.24, 2.45) is 5.92 Å². The first kappa shape index (κ1) is 17.9. The molecular weight excluding hydrogens is 222 g/mol. The molecule has 0 saturated carbocycles. The number of nitrogens with one attached hydrogen (secondary N) is 1. The van der Waals surface area contributed by atoms with Crippen LogP contribution in [0.15, 0.2) is 0 Å². The summed E-state index contributed by atoms with van der Waals surface area (Å²) >= 11 is 0. The van der Waals surface area contributed by atoms with Crippen LogP contribution in [-0.4, -0.2) is 25.3 Å². The number of rotatable bonds is 12. The fourth-order valence-electron chi connectivity index (χ4n) is 2.70. The van der Waals surface area contributed by atoms with E-state index in [1.54, 1.807) is 0 Å². The molecule has 1 N–H and O–H groups in total. The number of unbranched alkanes of at least 4 members (excludes halogenated alkanes) is 1. The Morgan fingerprint density at radius 1 is 1.00 bits per heavy atom. The lowest BCUT2D eigenvalue weighted by molar-refractivity contribution is 0.0250. The van der Waals surface area contributed by atoms with Crippen molar-refractivity contribution >= 4 is 0 Å². The highest BCUT2D eigenvalue weighted by Crippen LogP contribution is 2.21. The summed E-state index contributed by atoms with van der Waals surface area (Å²) in [5.74, 6) is 0.850. The molecule has 0 aromatic carbocycles. The van der Waals surface area contributed by atoms with Crippen LogP contribution in [0.4, 0.5) is 0 Å². The van der Waals surface area contributed by atoms with Crippen LogP contribution in [0.3, 0.4) is 0 Å². The van der Waals surface area contributed by atoms with Gasteiger partial charge in [0.15, 0.2) is 0 Å². The van der Waals surface area contributed by atoms with Gasteiger partial charge in [-0.25, -0.2) is 0 Å². The molecule has 0 aliphatic heterocycles. The summed E-state index contributed by atoms with van der Waals surface area (Å²) in [6.45, 7) is 13.0. The van der Waals surface area contributed by atoms with Crippen molar-refractivity contribution in [1.29, 1.82) is 0 Å². The lowest BCUT2D eigenvalue weighted by atomic mass is 9.89. The summed E-state index contributed by atoms with van der Waals surface area (Å²) in [5, 5.41) is 3.63. The molecule has 0 amide bonds. The molecule has 0 rings (SSSR count). The van der Waals surface area contributed by atoms with Crippen LogP contribution in [0.1, 0.15) is 73.1 Å². The Balaban J connectivity index is 4.36. The van der Waals surface area contributed by atoms with Crippen LogP contribution >= 0.6 is 0 Å². The van der Waals surface area contributed by atoms with Crippen LogP contribution in [0, 0.1) is 5.92 Å². The van der Waals surface area contributed by atoms with Gasteiger partial charge < -0.3 is 10.1 Å². The summed E-state index contributed by atoms with van der Waals surface area (Å²) in [6.07, 6.45) is 8.10. The minimum absolute atomic E-state index is 0.380. The normalized spacial score (nSPS) is 16.5. The van der Waals surface area contributed by atoms with Crippen LogP contribution in [0.25, 0.3) is 0 Å². The Labute approximate surface area is 115 Å². The Morgan fingerprint density at radius 3 is 2.17 bits per heavy atom. The Hall–Kier alpha value is -0.0800. The van der Waals surface area contributed by atoms with E-state index in [-0.39, 0.29) is 0 Å². The molecule has 0 aliphatic carbocycles. The van der Waals surface area contributed by atoms with Crippen LogP contribution < -0.4 is 5.32 Å². The monoisotopic (exact) mass is 257 g/mol. The molecule has 0 aromatic heterocycles. The lowest BCUT2D eigenvalue weighted by Gasteiger charge is -2.30. The molecule has 2 heteroatoms. The zero-order chi connectivity index (χ0) is 13.8. The number of hydrogen-bond donors (Lipinski definition) is 1. The maximum atomic E-state index is 5.89. The smallest absolute Gasteiger partial charge is 0.0725 e. The van der Waals surface area contributed by atoms with E-state index in [1.807, 2.05) is 0 Å². The molecule has 0 heterocycles. The SMILES string of the molecule is CCCCC(CC)CC(NCC)C(CC)OCC. The number of hydrogen-bond acceptors (Lipinski definition) is 2. The quantitative estimate of drug-likeness (QED) is 0.560. The summed E-state index contributed by atoms with van der Waals surface area (Å²) in [5.41, 5.74) is 0. The first-order valence-corrected chi connectivity index (χ1v) is 8.08. The second kappa shape index (κ2) is 12.0. The van der Waals surface area contributed by atoms with E-state index in [0.29, 0.717) is 12.1 Å². The molecule has 0 radical (unpaired) electrons. The molecule has 0 fully saturated rings. The van der Waals surface area contributed by atoms with Gasteiger partial charge >= 0.3 is 0 Å². The average Bonchev–Trinajstić information content (AvgIpc) is 2.39. The second-order valence-electron chi connectivity index (χ2n) is 5.22. The molecule has 3 atom stereocenters. The van der Waals surface area contributed by atoms with Gasteiger partial charge in [0, 0.05) is 12.6 Å². The first-order chi connectivity index (χ1) is 8.73. The van der Waals surface area contributed by atoms with Gasteiger partial charge in [-0.2, -0.15) is 0 Å². The summed E-state index contributed by atoms with van der Waals surface area (Å²) in [6, 6.07) is 0.529. The van der Waals surface area contributed by atoms with Crippen LogP contribution in [0.2, 0.25) is 0 Å². The molecule has 3 unspecified atom stereocenters. The summed E-state index contributed by atoms with van der Waals surface area (Å²) < 4.78 is 5.89. The molecular formula is C16H35NO. The standard InChI is InChI=1S/C16H35NO/c1-6-11-12-14(7-2)13-15(17-9-4)16(8-3)18-10-5/h14-17H,6-13H2,1-5H3. The molecule has 0 aliphatic rings. The second-order valence-corrected chi connectivity index (χ2v) is 5.22. The molecule has 110 valence electrons. The molecule has 0 saturated heterocycles. The fourth-order valence-corrected chi connectivity index (χ4v) is 2.70. The van der Waals surface area contributed by atoms with Gasteiger partial charge in [0.2, 0.25) is 0 Å². The van der Waals surface area contributed by atoms with Crippen molar-refractivity contribution in [1.82, 2.24) is 5.32 Å². The predicted molar refractivity (Wildman–Crippen MR) is 81.1 cm³/mol. The Kier molecular flexibility index (Phi) is 11.9. The van der Waals surface area contributed by atoms with E-state index < -0.39 is 0 Å². The van der Waals surface area contributed by atoms with Crippen molar-refractivity contribution in [3.8, 4) is 0 Å². The van der Waals surface area contributed by atoms with E-state index in [0.717, 1.165) is 25.5 Å². The van der Waals surface area contributed by atoms with Crippen molar-refractivity contribution in [2.45, 2.75) is 85.3 Å². The fraction of sp³-hybridized carbons (Fsp3) is 1.00. The van der Waals surface area contributed by atoms with Crippen molar-refractivity contribution in [3.63, 3.8) is 0 Å². The zero-order valence-corrected chi connectivity index (χ0v) is 13.3. The van der Waals surface area contributed by atoms with Crippen molar-refractivity contribution < 1.29 is 4.74 Å².